The van der Waals surface area contributed by atoms with Crippen molar-refractivity contribution >= 4 is 21.6 Å². The average Bonchev–Trinajstić information content (AvgIpc) is 2.25. The lowest BCUT2D eigenvalue weighted by Crippen LogP contribution is -2.18. The minimum atomic E-state index is -3.36. The Morgan fingerprint density at radius 2 is 2.11 bits per heavy atom. The molecule has 0 saturated heterocycles. The Hall–Kier alpha value is -0.780. The number of ether oxygens (including phenoxy) is 1. The molecule has 0 aromatic heterocycles. The first-order valence-electron chi connectivity index (χ1n) is 5.75. The highest BCUT2D eigenvalue weighted by atomic mass is 35.5. The number of benzene rings is 1. The second-order valence-corrected chi connectivity index (χ2v) is 6.53. The zero-order chi connectivity index (χ0) is 13.6. The molecule has 1 rings (SSSR count). The lowest BCUT2D eigenvalue weighted by molar-refractivity contribution is 0.282. The van der Waals surface area contributed by atoms with Gasteiger partial charge in [-0.3, -0.25) is 0 Å². The van der Waals surface area contributed by atoms with Gasteiger partial charge < -0.3 is 4.74 Å². The molecule has 0 heterocycles. The molecule has 0 amide bonds. The highest BCUT2D eigenvalue weighted by Gasteiger charge is 2.08. The van der Waals surface area contributed by atoms with E-state index in [-0.39, 0.29) is 11.7 Å². The van der Waals surface area contributed by atoms with E-state index in [9.17, 15) is 8.42 Å². The maximum absolute atomic E-state index is 10.8. The molecule has 1 unspecified atom stereocenters. The molecule has 0 bridgehead atoms. The van der Waals surface area contributed by atoms with Gasteiger partial charge in [-0.15, -0.1) is 0 Å². The summed E-state index contributed by atoms with van der Waals surface area (Å²) in [4.78, 5) is 0. The fraction of sp³-hybridized carbons (Fsp3) is 0.500. The summed E-state index contributed by atoms with van der Waals surface area (Å²) >= 11 is 5.83. The van der Waals surface area contributed by atoms with Crippen molar-refractivity contribution < 1.29 is 13.2 Å². The summed E-state index contributed by atoms with van der Waals surface area (Å²) in [5.41, 5.74) is 0. The molecule has 1 aromatic rings. The van der Waals surface area contributed by atoms with Gasteiger partial charge in [0, 0.05) is 5.02 Å². The monoisotopic (exact) mass is 291 g/mol. The molecular formula is C12H18ClNO3S. The zero-order valence-electron chi connectivity index (χ0n) is 10.3. The second-order valence-electron chi connectivity index (χ2n) is 4.36. The summed E-state index contributed by atoms with van der Waals surface area (Å²) in [5.74, 6) is 0.995. The molecule has 0 radical (unpaired) electrons. The van der Waals surface area contributed by atoms with E-state index in [0.29, 0.717) is 18.1 Å². The van der Waals surface area contributed by atoms with E-state index in [1.165, 1.54) is 0 Å². The molecule has 0 spiro atoms. The van der Waals surface area contributed by atoms with Crippen molar-refractivity contribution in [2.45, 2.75) is 19.8 Å². The Morgan fingerprint density at radius 1 is 1.39 bits per heavy atom. The fourth-order valence-electron chi connectivity index (χ4n) is 1.44. The molecule has 0 fully saturated rings. The van der Waals surface area contributed by atoms with Crippen LogP contribution in [0.1, 0.15) is 19.8 Å². The summed E-state index contributed by atoms with van der Waals surface area (Å²) in [6, 6.07) is 7.18. The van der Waals surface area contributed by atoms with E-state index < -0.39 is 10.0 Å². The summed E-state index contributed by atoms with van der Waals surface area (Å²) < 4.78 is 27.1. The van der Waals surface area contributed by atoms with Crippen LogP contribution in [0.15, 0.2) is 24.3 Å². The first kappa shape index (κ1) is 15.3. The molecule has 0 aliphatic heterocycles. The molecule has 1 aromatic carbocycles. The smallest absolute Gasteiger partial charge is 0.209 e. The van der Waals surface area contributed by atoms with Crippen LogP contribution in [0, 0.1) is 5.92 Å². The second kappa shape index (κ2) is 6.97. The normalized spacial score (nSPS) is 13.3. The van der Waals surface area contributed by atoms with Crippen LogP contribution in [0.25, 0.3) is 0 Å². The van der Waals surface area contributed by atoms with E-state index >= 15 is 0 Å². The number of nitrogens with two attached hydrogens (primary N) is 1. The van der Waals surface area contributed by atoms with Crippen LogP contribution in [0.4, 0.5) is 0 Å². The third-order valence-electron chi connectivity index (χ3n) is 2.57. The van der Waals surface area contributed by atoms with E-state index in [1.54, 1.807) is 12.1 Å². The summed E-state index contributed by atoms with van der Waals surface area (Å²) in [6.07, 6.45) is 1.33. The molecular weight excluding hydrogens is 274 g/mol. The van der Waals surface area contributed by atoms with Gasteiger partial charge in [0.1, 0.15) is 5.75 Å². The summed E-state index contributed by atoms with van der Waals surface area (Å²) in [6.45, 7) is 2.51. The SMILES string of the molecule is CC(CCOc1cccc(Cl)c1)CCS(N)(=O)=O. The Balaban J connectivity index is 2.25. The molecule has 0 aliphatic carbocycles. The van der Waals surface area contributed by atoms with Crippen LogP contribution in [0.5, 0.6) is 5.75 Å². The van der Waals surface area contributed by atoms with Gasteiger partial charge in [-0.05, 0) is 37.0 Å². The number of primary sulfonamides is 1. The molecule has 6 heteroatoms. The van der Waals surface area contributed by atoms with Gasteiger partial charge in [0.2, 0.25) is 10.0 Å². The van der Waals surface area contributed by atoms with Gasteiger partial charge in [-0.2, -0.15) is 0 Å². The van der Waals surface area contributed by atoms with E-state index in [2.05, 4.69) is 0 Å². The number of sulfonamides is 1. The van der Waals surface area contributed by atoms with Crippen LogP contribution in [-0.2, 0) is 10.0 Å². The zero-order valence-corrected chi connectivity index (χ0v) is 11.9. The predicted octanol–water partition coefficient (Wildman–Crippen LogP) is 2.42. The van der Waals surface area contributed by atoms with Crippen molar-refractivity contribution in [2.75, 3.05) is 12.4 Å². The van der Waals surface area contributed by atoms with Gasteiger partial charge in [-0.1, -0.05) is 24.6 Å². The third-order valence-corrected chi connectivity index (χ3v) is 3.61. The van der Waals surface area contributed by atoms with Gasteiger partial charge in [0.25, 0.3) is 0 Å². The van der Waals surface area contributed by atoms with Gasteiger partial charge in [0.15, 0.2) is 0 Å². The molecule has 0 aliphatic rings. The first-order valence-corrected chi connectivity index (χ1v) is 7.85. The Kier molecular flexibility index (Phi) is 5.91. The molecule has 0 saturated carbocycles. The minimum absolute atomic E-state index is 0.0192. The lowest BCUT2D eigenvalue weighted by atomic mass is 10.1. The molecule has 18 heavy (non-hydrogen) atoms. The summed E-state index contributed by atoms with van der Waals surface area (Å²) in [7, 11) is -3.36. The fourth-order valence-corrected chi connectivity index (χ4v) is 2.36. The topological polar surface area (TPSA) is 69.4 Å². The van der Waals surface area contributed by atoms with Gasteiger partial charge in [-0.25, -0.2) is 13.6 Å². The highest BCUT2D eigenvalue weighted by Crippen LogP contribution is 2.18. The minimum Gasteiger partial charge on any atom is -0.494 e. The highest BCUT2D eigenvalue weighted by molar-refractivity contribution is 7.89. The largest absolute Gasteiger partial charge is 0.494 e. The number of halogens is 1. The predicted molar refractivity (Wildman–Crippen MR) is 73.3 cm³/mol. The maximum atomic E-state index is 10.8. The van der Waals surface area contributed by atoms with Gasteiger partial charge in [0.05, 0.1) is 12.4 Å². The number of hydrogen-bond acceptors (Lipinski definition) is 3. The van der Waals surface area contributed by atoms with Crippen LogP contribution in [0.3, 0.4) is 0 Å². The van der Waals surface area contributed by atoms with E-state index in [4.69, 9.17) is 21.5 Å². The quantitative estimate of drug-likeness (QED) is 0.839. The molecule has 4 nitrogen and oxygen atoms in total. The van der Waals surface area contributed by atoms with Crippen LogP contribution >= 0.6 is 11.6 Å². The van der Waals surface area contributed by atoms with Gasteiger partial charge >= 0.3 is 0 Å². The Labute approximate surface area is 113 Å². The van der Waals surface area contributed by atoms with Crippen LogP contribution in [-0.4, -0.2) is 20.8 Å². The Morgan fingerprint density at radius 3 is 2.72 bits per heavy atom. The number of rotatable bonds is 7. The molecule has 1 atom stereocenters. The molecule has 2 N–H and O–H groups in total. The Bertz CT molecular complexity index is 476. The van der Waals surface area contributed by atoms with Crippen molar-refractivity contribution in [3.63, 3.8) is 0 Å². The summed E-state index contributed by atoms with van der Waals surface area (Å²) in [5, 5.41) is 5.58. The average molecular weight is 292 g/mol. The lowest BCUT2D eigenvalue weighted by Gasteiger charge is -2.11. The van der Waals surface area contributed by atoms with Crippen LogP contribution < -0.4 is 9.88 Å². The third kappa shape index (κ3) is 6.83. The van der Waals surface area contributed by atoms with Crippen molar-refractivity contribution in [3.8, 4) is 5.75 Å². The van der Waals surface area contributed by atoms with Crippen molar-refractivity contribution in [3.05, 3.63) is 29.3 Å². The van der Waals surface area contributed by atoms with Crippen LogP contribution in [0.2, 0.25) is 5.02 Å². The first-order chi connectivity index (χ1) is 8.37. The van der Waals surface area contributed by atoms with E-state index in [1.807, 2.05) is 19.1 Å². The standard InChI is InChI=1S/C12H18ClNO3S/c1-10(6-8-18(14,15)16)5-7-17-12-4-2-3-11(13)9-12/h2-4,9-10H,5-8H2,1H3,(H2,14,15,16). The van der Waals surface area contributed by atoms with Crippen molar-refractivity contribution in [1.82, 2.24) is 0 Å². The van der Waals surface area contributed by atoms with E-state index in [0.717, 1.165) is 12.2 Å². The van der Waals surface area contributed by atoms with Crippen molar-refractivity contribution in [2.24, 2.45) is 11.1 Å². The maximum Gasteiger partial charge on any atom is 0.209 e. The number of hydrogen-bond donors (Lipinski definition) is 1. The molecule has 102 valence electrons. The van der Waals surface area contributed by atoms with Crippen molar-refractivity contribution in [1.29, 1.82) is 0 Å².